The third kappa shape index (κ3) is 4.72. The van der Waals surface area contributed by atoms with E-state index in [-0.39, 0.29) is 12.3 Å². The van der Waals surface area contributed by atoms with Crippen molar-refractivity contribution in [1.29, 1.82) is 0 Å². The molecule has 0 aromatic heterocycles. The maximum atomic E-state index is 11.7. The van der Waals surface area contributed by atoms with Crippen molar-refractivity contribution < 1.29 is 14.7 Å². The number of nitrogens with one attached hydrogen (secondary N) is 1. The van der Waals surface area contributed by atoms with Gasteiger partial charge in [0.25, 0.3) is 0 Å². The molecule has 1 aliphatic heterocycles. The topological polar surface area (TPSA) is 91.1 Å². The largest absolute Gasteiger partial charge is 0.481 e. The molecule has 2 fully saturated rings. The predicted molar refractivity (Wildman–Crippen MR) is 104 cm³/mol. The van der Waals surface area contributed by atoms with Crippen LogP contribution in [0.5, 0.6) is 0 Å². The number of amidine groups is 1. The number of rotatable bonds is 5. The number of hydrogen-bond acceptors (Lipinski definition) is 5. The number of carbonyl (C=O) groups excluding carboxylic acids is 1. The summed E-state index contributed by atoms with van der Waals surface area (Å²) in [6.07, 6.45) is 6.31. The predicted octanol–water partition coefficient (Wildman–Crippen LogP) is 3.52. The molecule has 0 radical (unpaired) electrons. The van der Waals surface area contributed by atoms with E-state index in [0.29, 0.717) is 11.1 Å². The Kier molecular flexibility index (Phi) is 6.08. The molecule has 2 aliphatic rings. The SMILES string of the molecule is C/C(=N\N=C1/NC(=O)[C@H](CC(=O)O)S1)c1ccc(C2CCCCC2)cc1. The Morgan fingerprint density at radius 1 is 1.23 bits per heavy atom. The fraction of sp³-hybridized carbons (Fsp3) is 0.474. The Bertz CT molecular complexity index is 737. The molecule has 1 atom stereocenters. The van der Waals surface area contributed by atoms with Gasteiger partial charge in [-0.2, -0.15) is 5.10 Å². The molecule has 3 rings (SSSR count). The first-order valence-corrected chi connectivity index (χ1v) is 9.83. The molecule has 1 saturated heterocycles. The average molecular weight is 373 g/mol. The molecule has 1 heterocycles. The van der Waals surface area contributed by atoms with Crippen LogP contribution in [-0.2, 0) is 9.59 Å². The number of hydrogen-bond donors (Lipinski definition) is 2. The smallest absolute Gasteiger partial charge is 0.305 e. The van der Waals surface area contributed by atoms with Crippen LogP contribution in [0.15, 0.2) is 34.5 Å². The molecule has 2 N–H and O–H groups in total. The second-order valence-electron chi connectivity index (χ2n) is 6.74. The van der Waals surface area contributed by atoms with Crippen molar-refractivity contribution in [1.82, 2.24) is 5.32 Å². The number of amides is 1. The first-order chi connectivity index (χ1) is 12.5. The lowest BCUT2D eigenvalue weighted by Crippen LogP contribution is -2.26. The molecule has 138 valence electrons. The van der Waals surface area contributed by atoms with Crippen LogP contribution in [0.4, 0.5) is 0 Å². The molecule has 1 amide bonds. The molecule has 0 spiro atoms. The third-order valence-corrected chi connectivity index (χ3v) is 5.90. The highest BCUT2D eigenvalue weighted by molar-refractivity contribution is 8.15. The van der Waals surface area contributed by atoms with Gasteiger partial charge in [-0.15, -0.1) is 5.10 Å². The quantitative estimate of drug-likeness (QED) is 0.610. The van der Waals surface area contributed by atoms with Crippen LogP contribution < -0.4 is 5.32 Å². The molecular formula is C19H23N3O3S. The standard InChI is InChI=1S/C19H23N3O3S/c1-12(21-22-19-20-18(25)16(26-19)11-17(23)24)13-7-9-15(10-8-13)14-5-3-2-4-6-14/h7-10,14,16H,2-6,11H2,1H3,(H,23,24)(H,20,22,25)/b21-12+/t16-/m0/s1. The van der Waals surface area contributed by atoms with Crippen molar-refractivity contribution >= 4 is 34.5 Å². The molecule has 6 nitrogen and oxygen atoms in total. The highest BCUT2D eigenvalue weighted by Crippen LogP contribution is 2.32. The number of aliphatic carboxylic acids is 1. The van der Waals surface area contributed by atoms with Crippen LogP contribution in [0, 0.1) is 0 Å². The van der Waals surface area contributed by atoms with Gasteiger partial charge in [0.05, 0.1) is 12.1 Å². The lowest BCUT2D eigenvalue weighted by Gasteiger charge is -2.22. The number of thioether (sulfide) groups is 1. The summed E-state index contributed by atoms with van der Waals surface area (Å²) < 4.78 is 0. The van der Waals surface area contributed by atoms with Gasteiger partial charge in [0.2, 0.25) is 5.91 Å². The molecule has 1 saturated carbocycles. The van der Waals surface area contributed by atoms with Crippen molar-refractivity contribution in [2.75, 3.05) is 0 Å². The van der Waals surface area contributed by atoms with E-state index in [2.05, 4.69) is 39.8 Å². The van der Waals surface area contributed by atoms with E-state index >= 15 is 0 Å². The van der Waals surface area contributed by atoms with Crippen molar-refractivity contribution in [3.05, 3.63) is 35.4 Å². The third-order valence-electron chi connectivity index (χ3n) is 4.83. The first-order valence-electron chi connectivity index (χ1n) is 8.95. The van der Waals surface area contributed by atoms with E-state index < -0.39 is 11.2 Å². The summed E-state index contributed by atoms with van der Waals surface area (Å²) in [5.74, 6) is -0.663. The highest BCUT2D eigenvalue weighted by atomic mass is 32.2. The minimum atomic E-state index is -1.00. The van der Waals surface area contributed by atoms with E-state index in [9.17, 15) is 9.59 Å². The van der Waals surface area contributed by atoms with Crippen molar-refractivity contribution in [3.63, 3.8) is 0 Å². The summed E-state index contributed by atoms with van der Waals surface area (Å²) in [6, 6.07) is 8.48. The van der Waals surface area contributed by atoms with Crippen molar-refractivity contribution in [2.24, 2.45) is 10.2 Å². The molecule has 7 heteroatoms. The Morgan fingerprint density at radius 2 is 1.92 bits per heavy atom. The Morgan fingerprint density at radius 3 is 2.58 bits per heavy atom. The maximum absolute atomic E-state index is 11.7. The zero-order valence-electron chi connectivity index (χ0n) is 14.8. The van der Waals surface area contributed by atoms with Crippen LogP contribution in [0.1, 0.15) is 62.5 Å². The number of carboxylic acids is 1. The Hall–Kier alpha value is -2.15. The monoisotopic (exact) mass is 373 g/mol. The van der Waals surface area contributed by atoms with Gasteiger partial charge in [0.15, 0.2) is 5.17 Å². The summed E-state index contributed by atoms with van der Waals surface area (Å²) in [7, 11) is 0. The summed E-state index contributed by atoms with van der Waals surface area (Å²) >= 11 is 1.11. The van der Waals surface area contributed by atoms with Crippen molar-refractivity contribution in [2.45, 2.75) is 56.6 Å². The molecule has 1 aromatic rings. The second kappa shape index (κ2) is 8.49. The number of carboxylic acid groups (broad SMARTS) is 1. The van der Waals surface area contributed by atoms with Crippen LogP contribution in [0.25, 0.3) is 0 Å². The highest BCUT2D eigenvalue weighted by Gasteiger charge is 2.32. The van der Waals surface area contributed by atoms with Gasteiger partial charge in [-0.25, -0.2) is 0 Å². The van der Waals surface area contributed by atoms with E-state index in [1.807, 2.05) is 6.92 Å². The maximum Gasteiger partial charge on any atom is 0.305 e. The van der Waals surface area contributed by atoms with Gasteiger partial charge in [0.1, 0.15) is 5.25 Å². The zero-order valence-corrected chi connectivity index (χ0v) is 15.6. The normalized spacial score (nSPS) is 23.3. The zero-order chi connectivity index (χ0) is 18.5. The van der Waals surface area contributed by atoms with E-state index in [1.165, 1.54) is 37.7 Å². The van der Waals surface area contributed by atoms with Gasteiger partial charge >= 0.3 is 5.97 Å². The average Bonchev–Trinajstić information content (AvgIpc) is 2.99. The minimum Gasteiger partial charge on any atom is -0.481 e. The summed E-state index contributed by atoms with van der Waals surface area (Å²) in [4.78, 5) is 22.4. The number of nitrogens with zero attached hydrogens (tertiary/aromatic N) is 2. The fourth-order valence-corrected chi connectivity index (χ4v) is 4.26. The van der Waals surface area contributed by atoms with Crippen LogP contribution >= 0.6 is 11.8 Å². The lowest BCUT2D eigenvalue weighted by molar-refractivity contribution is -0.138. The fourth-order valence-electron chi connectivity index (χ4n) is 3.36. The Balaban J connectivity index is 1.64. The molecule has 1 aliphatic carbocycles. The second-order valence-corrected chi connectivity index (χ2v) is 7.93. The molecule has 0 bridgehead atoms. The van der Waals surface area contributed by atoms with Crippen LogP contribution in [0.3, 0.4) is 0 Å². The van der Waals surface area contributed by atoms with Crippen LogP contribution in [-0.4, -0.2) is 33.1 Å². The summed E-state index contributed by atoms with van der Waals surface area (Å²) in [5, 5.41) is 19.3. The summed E-state index contributed by atoms with van der Waals surface area (Å²) in [6.45, 7) is 1.87. The molecular weight excluding hydrogens is 350 g/mol. The molecule has 26 heavy (non-hydrogen) atoms. The van der Waals surface area contributed by atoms with Gasteiger partial charge < -0.3 is 10.4 Å². The van der Waals surface area contributed by atoms with E-state index in [0.717, 1.165) is 23.0 Å². The van der Waals surface area contributed by atoms with Gasteiger partial charge in [0, 0.05) is 0 Å². The van der Waals surface area contributed by atoms with Gasteiger partial charge in [-0.3, -0.25) is 9.59 Å². The van der Waals surface area contributed by atoms with Crippen molar-refractivity contribution in [3.8, 4) is 0 Å². The van der Waals surface area contributed by atoms with E-state index in [1.54, 1.807) is 0 Å². The van der Waals surface area contributed by atoms with Crippen LogP contribution in [0.2, 0.25) is 0 Å². The number of carbonyl (C=O) groups is 2. The first kappa shape index (κ1) is 18.6. The van der Waals surface area contributed by atoms with Gasteiger partial charge in [-0.1, -0.05) is 55.3 Å². The Labute approximate surface area is 157 Å². The van der Waals surface area contributed by atoms with Gasteiger partial charge in [-0.05, 0) is 36.8 Å². The lowest BCUT2D eigenvalue weighted by atomic mass is 9.84. The van der Waals surface area contributed by atoms with E-state index in [4.69, 9.17) is 5.11 Å². The molecule has 0 unspecified atom stereocenters. The number of benzene rings is 1. The molecule has 1 aromatic carbocycles. The minimum absolute atomic E-state index is 0.221. The summed E-state index contributed by atoms with van der Waals surface area (Å²) in [5.41, 5.74) is 3.14.